The third kappa shape index (κ3) is 2.60. The quantitative estimate of drug-likeness (QED) is 0.603. The van der Waals surface area contributed by atoms with Crippen molar-refractivity contribution >= 4 is 29.8 Å². The third-order valence-corrected chi connectivity index (χ3v) is 2.95. The highest BCUT2D eigenvalue weighted by Gasteiger charge is 2.16. The summed E-state index contributed by atoms with van der Waals surface area (Å²) in [5, 5.41) is 17.6. The van der Waals surface area contributed by atoms with Crippen LogP contribution in [0.25, 0.3) is 0 Å². The van der Waals surface area contributed by atoms with Crippen molar-refractivity contribution in [2.75, 3.05) is 13.1 Å². The first-order chi connectivity index (χ1) is 7.18. The van der Waals surface area contributed by atoms with Crippen LogP contribution < -0.4 is 0 Å². The highest BCUT2D eigenvalue weighted by atomic mass is 35.5. The Bertz CT molecular complexity index is 390. The number of amidine groups is 1. The van der Waals surface area contributed by atoms with Crippen molar-refractivity contribution in [3.05, 3.63) is 28.8 Å². The molecular formula is C11H14Cl2N2O. The van der Waals surface area contributed by atoms with Crippen molar-refractivity contribution < 1.29 is 5.11 Å². The molecule has 1 aromatic rings. The molecule has 0 bridgehead atoms. The topological polar surface area (TPSA) is 47.3 Å². The predicted molar refractivity (Wildman–Crippen MR) is 68.0 cm³/mol. The normalized spacial score (nSPS) is 14.7. The second-order valence-electron chi connectivity index (χ2n) is 3.71. The van der Waals surface area contributed by atoms with Crippen LogP contribution in [0.15, 0.2) is 18.2 Å². The Morgan fingerprint density at radius 1 is 1.31 bits per heavy atom. The molecule has 0 spiro atoms. The molecule has 3 nitrogen and oxygen atoms in total. The lowest BCUT2D eigenvalue weighted by molar-refractivity contribution is 0.475. The van der Waals surface area contributed by atoms with Crippen LogP contribution in [0.2, 0.25) is 5.02 Å². The van der Waals surface area contributed by atoms with Gasteiger partial charge in [0.25, 0.3) is 0 Å². The molecule has 1 heterocycles. The number of rotatable bonds is 1. The van der Waals surface area contributed by atoms with Gasteiger partial charge in [0.1, 0.15) is 11.6 Å². The zero-order valence-electron chi connectivity index (χ0n) is 8.74. The van der Waals surface area contributed by atoms with E-state index in [0.29, 0.717) is 10.9 Å². The van der Waals surface area contributed by atoms with Crippen LogP contribution in [-0.4, -0.2) is 28.9 Å². The summed E-state index contributed by atoms with van der Waals surface area (Å²) in [7, 11) is 0. The number of phenolic OH excluding ortho intramolecular Hbond substituents is 1. The van der Waals surface area contributed by atoms with E-state index in [1.54, 1.807) is 12.1 Å². The SMILES string of the molecule is Cl.N=C(c1ccc(O)c(Cl)c1)N1CCCC1. The van der Waals surface area contributed by atoms with Gasteiger partial charge >= 0.3 is 0 Å². The van der Waals surface area contributed by atoms with E-state index in [9.17, 15) is 5.11 Å². The largest absolute Gasteiger partial charge is 0.506 e. The van der Waals surface area contributed by atoms with E-state index >= 15 is 0 Å². The van der Waals surface area contributed by atoms with Gasteiger partial charge in [0, 0.05) is 18.7 Å². The summed E-state index contributed by atoms with van der Waals surface area (Å²) in [5.74, 6) is 0.559. The first-order valence-corrected chi connectivity index (χ1v) is 5.38. The maximum absolute atomic E-state index is 9.27. The van der Waals surface area contributed by atoms with Crippen molar-refractivity contribution in [2.24, 2.45) is 0 Å². The van der Waals surface area contributed by atoms with E-state index in [1.165, 1.54) is 6.07 Å². The maximum atomic E-state index is 9.27. The first-order valence-electron chi connectivity index (χ1n) is 5.01. The molecule has 0 atom stereocenters. The maximum Gasteiger partial charge on any atom is 0.134 e. The van der Waals surface area contributed by atoms with Gasteiger partial charge in [-0.2, -0.15) is 0 Å². The van der Waals surface area contributed by atoms with E-state index in [2.05, 4.69) is 0 Å². The minimum atomic E-state index is 0. The number of aromatic hydroxyl groups is 1. The molecule has 0 amide bonds. The fraction of sp³-hybridized carbons (Fsp3) is 0.364. The summed E-state index contributed by atoms with van der Waals surface area (Å²) in [6.45, 7) is 1.88. The molecule has 1 fully saturated rings. The van der Waals surface area contributed by atoms with Gasteiger partial charge < -0.3 is 10.0 Å². The Morgan fingerprint density at radius 3 is 2.50 bits per heavy atom. The second-order valence-corrected chi connectivity index (χ2v) is 4.12. The summed E-state index contributed by atoms with van der Waals surface area (Å²) < 4.78 is 0. The second kappa shape index (κ2) is 5.41. The molecular weight excluding hydrogens is 247 g/mol. The van der Waals surface area contributed by atoms with Gasteiger partial charge in [-0.3, -0.25) is 5.41 Å². The number of likely N-dealkylation sites (tertiary alicyclic amines) is 1. The third-order valence-electron chi connectivity index (χ3n) is 2.64. The summed E-state index contributed by atoms with van der Waals surface area (Å²) in [4.78, 5) is 2.03. The Kier molecular flexibility index (Phi) is 4.44. The Labute approximate surface area is 106 Å². The average Bonchev–Trinajstić information content (AvgIpc) is 2.74. The lowest BCUT2D eigenvalue weighted by Gasteiger charge is -2.18. The van der Waals surface area contributed by atoms with E-state index in [0.717, 1.165) is 31.5 Å². The fourth-order valence-corrected chi connectivity index (χ4v) is 1.96. The van der Waals surface area contributed by atoms with Crippen molar-refractivity contribution in [1.29, 1.82) is 5.41 Å². The molecule has 0 saturated carbocycles. The van der Waals surface area contributed by atoms with E-state index in [-0.39, 0.29) is 18.2 Å². The number of phenols is 1. The molecule has 88 valence electrons. The van der Waals surface area contributed by atoms with Gasteiger partial charge in [0.15, 0.2) is 0 Å². The summed E-state index contributed by atoms with van der Waals surface area (Å²) in [5.41, 5.74) is 0.764. The molecule has 0 aromatic heterocycles. The van der Waals surface area contributed by atoms with Gasteiger partial charge in [0.2, 0.25) is 0 Å². The zero-order chi connectivity index (χ0) is 10.8. The molecule has 2 N–H and O–H groups in total. The molecule has 0 unspecified atom stereocenters. The highest BCUT2D eigenvalue weighted by molar-refractivity contribution is 6.32. The van der Waals surface area contributed by atoms with Gasteiger partial charge in [-0.05, 0) is 31.0 Å². The van der Waals surface area contributed by atoms with E-state index in [4.69, 9.17) is 17.0 Å². The Morgan fingerprint density at radius 2 is 1.94 bits per heavy atom. The van der Waals surface area contributed by atoms with Gasteiger partial charge in [-0.25, -0.2) is 0 Å². The standard InChI is InChI=1S/C11H13ClN2O.ClH/c12-9-7-8(3-4-10(9)15)11(13)14-5-1-2-6-14;/h3-4,7,13,15H,1-2,5-6H2;1H. The van der Waals surface area contributed by atoms with Crippen LogP contribution in [0.5, 0.6) is 5.75 Å². The molecule has 1 aliphatic rings. The van der Waals surface area contributed by atoms with Crippen LogP contribution in [0.4, 0.5) is 0 Å². The molecule has 0 aliphatic carbocycles. The summed E-state index contributed by atoms with van der Waals surface area (Å²) in [6.07, 6.45) is 2.29. The van der Waals surface area contributed by atoms with E-state index < -0.39 is 0 Å². The Balaban J connectivity index is 0.00000128. The van der Waals surface area contributed by atoms with E-state index in [1.807, 2.05) is 4.90 Å². The van der Waals surface area contributed by atoms with Crippen molar-refractivity contribution in [3.63, 3.8) is 0 Å². The van der Waals surface area contributed by atoms with Crippen LogP contribution in [0, 0.1) is 5.41 Å². The molecule has 1 aromatic carbocycles. The lowest BCUT2D eigenvalue weighted by Crippen LogP contribution is -2.27. The predicted octanol–water partition coefficient (Wildman–Crippen LogP) is 2.89. The molecule has 1 aliphatic heterocycles. The number of nitrogens with one attached hydrogen (secondary N) is 1. The number of halogens is 2. The minimum Gasteiger partial charge on any atom is -0.506 e. The number of nitrogens with zero attached hydrogens (tertiary/aromatic N) is 1. The van der Waals surface area contributed by atoms with Gasteiger partial charge in [-0.15, -0.1) is 12.4 Å². The molecule has 16 heavy (non-hydrogen) atoms. The molecule has 2 rings (SSSR count). The smallest absolute Gasteiger partial charge is 0.134 e. The molecule has 0 radical (unpaired) electrons. The van der Waals surface area contributed by atoms with Gasteiger partial charge in [0.05, 0.1) is 5.02 Å². The van der Waals surface area contributed by atoms with Crippen molar-refractivity contribution in [3.8, 4) is 5.75 Å². The first kappa shape index (κ1) is 13.1. The van der Waals surface area contributed by atoms with Crippen molar-refractivity contribution in [1.82, 2.24) is 4.90 Å². The fourth-order valence-electron chi connectivity index (χ4n) is 1.78. The van der Waals surface area contributed by atoms with Crippen LogP contribution in [0.3, 0.4) is 0 Å². The van der Waals surface area contributed by atoms with Crippen LogP contribution >= 0.6 is 24.0 Å². The average molecular weight is 261 g/mol. The number of hydrogen-bond donors (Lipinski definition) is 2. The minimum absolute atomic E-state index is 0. The molecule has 1 saturated heterocycles. The molecule has 5 heteroatoms. The Hall–Kier alpha value is -0.930. The van der Waals surface area contributed by atoms with Crippen LogP contribution in [0.1, 0.15) is 18.4 Å². The van der Waals surface area contributed by atoms with Crippen LogP contribution in [-0.2, 0) is 0 Å². The highest BCUT2D eigenvalue weighted by Crippen LogP contribution is 2.24. The van der Waals surface area contributed by atoms with Gasteiger partial charge in [-0.1, -0.05) is 11.6 Å². The van der Waals surface area contributed by atoms with Crippen molar-refractivity contribution in [2.45, 2.75) is 12.8 Å². The monoisotopic (exact) mass is 260 g/mol. The number of benzene rings is 1. The lowest BCUT2D eigenvalue weighted by atomic mass is 10.2. The summed E-state index contributed by atoms with van der Waals surface area (Å²) in [6, 6.07) is 4.89. The summed E-state index contributed by atoms with van der Waals surface area (Å²) >= 11 is 5.80. The number of hydrogen-bond acceptors (Lipinski definition) is 2. The zero-order valence-corrected chi connectivity index (χ0v) is 10.3.